The average molecular weight is 388 g/mol. The first-order valence-corrected chi connectivity index (χ1v) is 8.53. The fourth-order valence-electron chi connectivity index (χ4n) is 2.69. The topological polar surface area (TPSA) is 61.4 Å². The van der Waals surface area contributed by atoms with Gasteiger partial charge in [-0.2, -0.15) is 0 Å². The van der Waals surface area contributed by atoms with Gasteiger partial charge in [-0.1, -0.05) is 40.2 Å². The zero-order chi connectivity index (χ0) is 17.1. The van der Waals surface area contributed by atoms with Gasteiger partial charge in [-0.25, -0.2) is 4.79 Å². The second-order valence-corrected chi connectivity index (χ2v) is 6.55. The van der Waals surface area contributed by atoms with Gasteiger partial charge in [0.15, 0.2) is 0 Å². The number of para-hydroxylation sites is 1. The lowest BCUT2D eigenvalue weighted by Gasteiger charge is -2.17. The SMILES string of the molecule is Cc1ccc(NC(=O)NCC(=O)N2CCc3ccccc32)cc1Br. The van der Waals surface area contributed by atoms with Gasteiger partial charge < -0.3 is 15.5 Å². The molecule has 0 saturated carbocycles. The summed E-state index contributed by atoms with van der Waals surface area (Å²) in [6.07, 6.45) is 0.853. The molecule has 3 amide bonds. The Labute approximate surface area is 149 Å². The second-order valence-electron chi connectivity index (χ2n) is 5.70. The van der Waals surface area contributed by atoms with Gasteiger partial charge in [-0.15, -0.1) is 0 Å². The molecule has 0 bridgehead atoms. The quantitative estimate of drug-likeness (QED) is 0.846. The Morgan fingerprint density at radius 2 is 2.00 bits per heavy atom. The molecule has 0 radical (unpaired) electrons. The third-order valence-corrected chi connectivity index (χ3v) is 4.87. The van der Waals surface area contributed by atoms with Crippen molar-refractivity contribution in [3.05, 3.63) is 58.1 Å². The van der Waals surface area contributed by atoms with Crippen LogP contribution < -0.4 is 15.5 Å². The highest BCUT2D eigenvalue weighted by Crippen LogP contribution is 2.27. The summed E-state index contributed by atoms with van der Waals surface area (Å²) in [5.41, 5.74) is 3.86. The third kappa shape index (κ3) is 3.59. The van der Waals surface area contributed by atoms with Gasteiger partial charge in [0, 0.05) is 22.4 Å². The predicted octanol–water partition coefficient (Wildman–Crippen LogP) is 3.47. The highest BCUT2D eigenvalue weighted by molar-refractivity contribution is 9.10. The van der Waals surface area contributed by atoms with Crippen molar-refractivity contribution < 1.29 is 9.59 Å². The summed E-state index contributed by atoms with van der Waals surface area (Å²) >= 11 is 3.43. The number of benzene rings is 2. The molecule has 6 heteroatoms. The van der Waals surface area contributed by atoms with Gasteiger partial charge in [0.1, 0.15) is 0 Å². The first kappa shape index (κ1) is 16.5. The molecular weight excluding hydrogens is 370 g/mol. The van der Waals surface area contributed by atoms with Gasteiger partial charge in [-0.05, 0) is 42.7 Å². The predicted molar refractivity (Wildman–Crippen MR) is 98.4 cm³/mol. The second kappa shape index (κ2) is 7.05. The number of hydrogen-bond acceptors (Lipinski definition) is 2. The molecule has 0 aliphatic carbocycles. The molecule has 2 aromatic carbocycles. The standard InChI is InChI=1S/C18H18BrN3O2/c1-12-6-7-14(10-15(12)19)21-18(24)20-11-17(23)22-9-8-13-4-2-3-5-16(13)22/h2-7,10H,8-9,11H2,1H3,(H2,20,21,24). The van der Waals surface area contributed by atoms with Crippen LogP contribution in [0.2, 0.25) is 0 Å². The van der Waals surface area contributed by atoms with Gasteiger partial charge in [-0.3, -0.25) is 4.79 Å². The fraction of sp³-hybridized carbons (Fsp3) is 0.222. The van der Waals surface area contributed by atoms with E-state index in [2.05, 4.69) is 26.6 Å². The molecule has 5 nitrogen and oxygen atoms in total. The molecule has 24 heavy (non-hydrogen) atoms. The number of anilines is 2. The maximum atomic E-state index is 12.3. The Morgan fingerprint density at radius 3 is 2.79 bits per heavy atom. The van der Waals surface area contributed by atoms with Crippen LogP contribution in [0.25, 0.3) is 0 Å². The van der Waals surface area contributed by atoms with Crippen LogP contribution in [0.1, 0.15) is 11.1 Å². The highest BCUT2D eigenvalue weighted by Gasteiger charge is 2.24. The summed E-state index contributed by atoms with van der Waals surface area (Å²) in [7, 11) is 0. The molecule has 0 spiro atoms. The van der Waals surface area contributed by atoms with Crippen LogP contribution in [0.15, 0.2) is 46.9 Å². The number of nitrogens with zero attached hydrogens (tertiary/aromatic N) is 1. The molecule has 2 aromatic rings. The molecule has 0 atom stereocenters. The van der Waals surface area contributed by atoms with Crippen molar-refractivity contribution >= 4 is 39.2 Å². The van der Waals surface area contributed by atoms with Crippen molar-refractivity contribution in [1.82, 2.24) is 5.32 Å². The Bertz CT molecular complexity index is 792. The summed E-state index contributed by atoms with van der Waals surface area (Å²) in [6.45, 7) is 2.60. The van der Waals surface area contributed by atoms with Crippen LogP contribution in [0.4, 0.5) is 16.2 Å². The first-order chi connectivity index (χ1) is 11.5. The maximum absolute atomic E-state index is 12.3. The van der Waals surface area contributed by atoms with Gasteiger partial charge in [0.2, 0.25) is 5.91 Å². The van der Waals surface area contributed by atoms with Crippen molar-refractivity contribution in [3.8, 4) is 0 Å². The fourth-order valence-corrected chi connectivity index (χ4v) is 3.07. The lowest BCUT2D eigenvalue weighted by molar-refractivity contribution is -0.117. The first-order valence-electron chi connectivity index (χ1n) is 7.74. The van der Waals surface area contributed by atoms with Crippen molar-refractivity contribution in [2.45, 2.75) is 13.3 Å². The van der Waals surface area contributed by atoms with Crippen LogP contribution in [0.3, 0.4) is 0 Å². The molecule has 1 heterocycles. The van der Waals surface area contributed by atoms with E-state index in [9.17, 15) is 9.59 Å². The van der Waals surface area contributed by atoms with Crippen LogP contribution in [0.5, 0.6) is 0 Å². The molecule has 3 rings (SSSR count). The number of urea groups is 1. The minimum absolute atomic E-state index is 0.0345. The van der Waals surface area contributed by atoms with E-state index < -0.39 is 6.03 Å². The molecule has 0 saturated heterocycles. The summed E-state index contributed by atoms with van der Waals surface area (Å²) in [5, 5.41) is 5.34. The van der Waals surface area contributed by atoms with E-state index >= 15 is 0 Å². The van der Waals surface area contributed by atoms with E-state index in [1.54, 1.807) is 4.90 Å². The molecule has 124 valence electrons. The van der Waals surface area contributed by atoms with Crippen molar-refractivity contribution in [3.63, 3.8) is 0 Å². The van der Waals surface area contributed by atoms with Crippen molar-refractivity contribution in [1.29, 1.82) is 0 Å². The number of amides is 3. The van der Waals surface area contributed by atoms with E-state index in [0.29, 0.717) is 12.2 Å². The molecular formula is C18H18BrN3O2. The average Bonchev–Trinajstić information content (AvgIpc) is 3.00. The third-order valence-electron chi connectivity index (χ3n) is 4.02. The van der Waals surface area contributed by atoms with Crippen LogP contribution in [0, 0.1) is 6.92 Å². The van der Waals surface area contributed by atoms with Crippen LogP contribution >= 0.6 is 15.9 Å². The van der Waals surface area contributed by atoms with E-state index in [4.69, 9.17) is 0 Å². The Kier molecular flexibility index (Phi) is 4.85. The number of fused-ring (bicyclic) bond motifs is 1. The van der Waals surface area contributed by atoms with Crippen molar-refractivity contribution in [2.24, 2.45) is 0 Å². The van der Waals surface area contributed by atoms with Crippen LogP contribution in [-0.4, -0.2) is 25.0 Å². The molecule has 1 aliphatic heterocycles. The number of halogens is 1. The minimum atomic E-state index is -0.397. The van der Waals surface area contributed by atoms with Crippen LogP contribution in [-0.2, 0) is 11.2 Å². The number of carbonyl (C=O) groups is 2. The molecule has 0 fully saturated rings. The number of aryl methyl sites for hydroxylation is 1. The number of nitrogens with one attached hydrogen (secondary N) is 2. The smallest absolute Gasteiger partial charge is 0.319 e. The summed E-state index contributed by atoms with van der Waals surface area (Å²) in [4.78, 5) is 26.0. The molecule has 0 aromatic heterocycles. The molecule has 0 unspecified atom stereocenters. The van der Waals surface area contributed by atoms with Gasteiger partial charge >= 0.3 is 6.03 Å². The Balaban J connectivity index is 1.55. The summed E-state index contributed by atoms with van der Waals surface area (Å²) in [6, 6.07) is 13.0. The zero-order valence-corrected chi connectivity index (χ0v) is 14.9. The Morgan fingerprint density at radius 1 is 1.21 bits per heavy atom. The maximum Gasteiger partial charge on any atom is 0.319 e. The summed E-state index contributed by atoms with van der Waals surface area (Å²) < 4.78 is 0.921. The molecule has 1 aliphatic rings. The monoisotopic (exact) mass is 387 g/mol. The van der Waals surface area contributed by atoms with Gasteiger partial charge in [0.25, 0.3) is 0 Å². The lowest BCUT2D eigenvalue weighted by Crippen LogP contribution is -2.41. The minimum Gasteiger partial charge on any atom is -0.329 e. The lowest BCUT2D eigenvalue weighted by atomic mass is 10.2. The van der Waals surface area contributed by atoms with E-state index in [1.807, 2.05) is 49.4 Å². The molecule has 2 N–H and O–H groups in total. The van der Waals surface area contributed by atoms with E-state index in [0.717, 1.165) is 22.1 Å². The highest BCUT2D eigenvalue weighted by atomic mass is 79.9. The van der Waals surface area contributed by atoms with Crippen molar-refractivity contribution in [2.75, 3.05) is 23.3 Å². The number of carbonyl (C=O) groups excluding carboxylic acids is 2. The normalized spacial score (nSPS) is 12.7. The van der Waals surface area contributed by atoms with Gasteiger partial charge in [0.05, 0.1) is 6.54 Å². The number of hydrogen-bond donors (Lipinski definition) is 2. The zero-order valence-electron chi connectivity index (χ0n) is 13.3. The Hall–Kier alpha value is -2.34. The summed E-state index contributed by atoms with van der Waals surface area (Å²) in [5.74, 6) is -0.111. The number of rotatable bonds is 3. The van der Waals surface area contributed by atoms with E-state index in [-0.39, 0.29) is 12.5 Å². The largest absolute Gasteiger partial charge is 0.329 e. The van der Waals surface area contributed by atoms with E-state index in [1.165, 1.54) is 5.56 Å².